The number of hydrogen-bond donors (Lipinski definition) is 0. The van der Waals surface area contributed by atoms with E-state index in [1.54, 1.807) is 0 Å². The molecule has 0 aromatic heterocycles. The van der Waals surface area contributed by atoms with Gasteiger partial charge in [0.05, 0.1) is 5.69 Å². The van der Waals surface area contributed by atoms with Gasteiger partial charge in [-0.3, -0.25) is 0 Å². The van der Waals surface area contributed by atoms with E-state index in [2.05, 4.69) is 207 Å². The Hall–Kier alpha value is -6.90. The molecule has 9 aromatic rings. The van der Waals surface area contributed by atoms with Crippen LogP contribution >= 0.6 is 0 Å². The van der Waals surface area contributed by atoms with E-state index in [9.17, 15) is 0 Å². The molecule has 55 heavy (non-hydrogen) atoms. The van der Waals surface area contributed by atoms with Crippen molar-refractivity contribution in [3.63, 3.8) is 0 Å². The first kappa shape index (κ1) is 31.6. The smallest absolute Gasteiger partial charge is 0.159 e. The monoisotopic (exact) mass is 703 g/mol. The van der Waals surface area contributed by atoms with Gasteiger partial charge >= 0.3 is 0 Å². The van der Waals surface area contributed by atoms with Crippen LogP contribution in [-0.2, 0) is 5.41 Å². The van der Waals surface area contributed by atoms with Crippen molar-refractivity contribution in [3.05, 3.63) is 199 Å². The van der Waals surface area contributed by atoms with Crippen LogP contribution in [0.3, 0.4) is 0 Å². The number of para-hydroxylation sites is 2. The lowest BCUT2D eigenvalue weighted by atomic mass is 9.82. The average Bonchev–Trinajstić information content (AvgIpc) is 3.36. The maximum Gasteiger partial charge on any atom is 0.159 e. The van der Waals surface area contributed by atoms with Gasteiger partial charge in [0.15, 0.2) is 5.75 Å². The summed E-state index contributed by atoms with van der Waals surface area (Å²) in [6.45, 7) is 4.69. The molecule has 2 nitrogen and oxygen atoms in total. The van der Waals surface area contributed by atoms with Gasteiger partial charge in [-0.1, -0.05) is 153 Å². The number of hydrogen-bond acceptors (Lipinski definition) is 2. The standard InChI is InChI=1S/C53H37NO/c1-53(2)47-21-11-10-19-42(47)43-29-27-40(33-48(43)53)54(39-16-4-3-5-17-39)49-22-12-20-45-44-28-25-35-14-8-9-18-41(35)51(44)46-32-38(26-30-50(46)55-52(45)49)37-24-23-34-13-6-7-15-36(34)31-37/h3-33H,1-2H3. The minimum atomic E-state index is -0.129. The highest BCUT2D eigenvalue weighted by molar-refractivity contribution is 6.08. The molecule has 1 aliphatic heterocycles. The van der Waals surface area contributed by atoms with Gasteiger partial charge in [-0.05, 0) is 109 Å². The topological polar surface area (TPSA) is 12.5 Å². The van der Waals surface area contributed by atoms with Gasteiger partial charge in [-0.25, -0.2) is 0 Å². The lowest BCUT2D eigenvalue weighted by Gasteiger charge is -2.30. The summed E-state index contributed by atoms with van der Waals surface area (Å²) in [5.74, 6) is 1.68. The largest absolute Gasteiger partial charge is 0.454 e. The minimum Gasteiger partial charge on any atom is -0.454 e. The summed E-state index contributed by atoms with van der Waals surface area (Å²) in [5.41, 5.74) is 15.2. The predicted octanol–water partition coefficient (Wildman–Crippen LogP) is 14.9. The van der Waals surface area contributed by atoms with Gasteiger partial charge in [0.2, 0.25) is 0 Å². The van der Waals surface area contributed by atoms with Crippen molar-refractivity contribution in [1.29, 1.82) is 0 Å². The van der Waals surface area contributed by atoms with Crippen LogP contribution in [0, 0.1) is 0 Å². The first-order valence-electron chi connectivity index (χ1n) is 19.1. The Balaban J connectivity index is 1.14. The van der Waals surface area contributed by atoms with Gasteiger partial charge in [-0.15, -0.1) is 0 Å². The fourth-order valence-electron chi connectivity index (χ4n) is 9.11. The van der Waals surface area contributed by atoms with Crippen LogP contribution in [0.15, 0.2) is 188 Å². The van der Waals surface area contributed by atoms with Crippen molar-refractivity contribution in [1.82, 2.24) is 0 Å². The summed E-state index contributed by atoms with van der Waals surface area (Å²) in [7, 11) is 0. The van der Waals surface area contributed by atoms with E-state index < -0.39 is 0 Å². The number of rotatable bonds is 4. The molecule has 11 rings (SSSR count). The third kappa shape index (κ3) is 4.88. The second-order valence-corrected chi connectivity index (χ2v) is 15.3. The third-order valence-electron chi connectivity index (χ3n) is 11.8. The Bertz CT molecular complexity index is 2990. The average molecular weight is 704 g/mol. The predicted molar refractivity (Wildman–Crippen MR) is 230 cm³/mol. The molecular weight excluding hydrogens is 667 g/mol. The van der Waals surface area contributed by atoms with Crippen molar-refractivity contribution >= 4 is 38.6 Å². The Labute approximate surface area is 321 Å². The lowest BCUT2D eigenvalue weighted by molar-refractivity contribution is 0.489. The molecule has 1 heterocycles. The summed E-state index contributed by atoms with van der Waals surface area (Å²) >= 11 is 0. The van der Waals surface area contributed by atoms with E-state index in [-0.39, 0.29) is 5.41 Å². The van der Waals surface area contributed by atoms with Gasteiger partial charge in [0.25, 0.3) is 0 Å². The van der Waals surface area contributed by atoms with Crippen molar-refractivity contribution in [2.24, 2.45) is 0 Å². The number of fused-ring (bicyclic) bond motifs is 11. The summed E-state index contributed by atoms with van der Waals surface area (Å²) in [6, 6.07) is 68.3. The van der Waals surface area contributed by atoms with Crippen molar-refractivity contribution in [3.8, 4) is 56.0 Å². The van der Waals surface area contributed by atoms with Crippen molar-refractivity contribution in [2.45, 2.75) is 19.3 Å². The number of ether oxygens (including phenoxy) is 1. The van der Waals surface area contributed by atoms with Gasteiger partial charge in [-0.2, -0.15) is 0 Å². The Kier molecular flexibility index (Phi) is 6.93. The van der Waals surface area contributed by atoms with Gasteiger partial charge in [0, 0.05) is 33.5 Å². The fourth-order valence-corrected chi connectivity index (χ4v) is 9.11. The molecule has 9 aromatic carbocycles. The molecule has 0 fully saturated rings. The highest BCUT2D eigenvalue weighted by Crippen LogP contribution is 2.56. The van der Waals surface area contributed by atoms with E-state index in [4.69, 9.17) is 4.74 Å². The summed E-state index contributed by atoms with van der Waals surface area (Å²) in [4.78, 5) is 2.37. The quantitative estimate of drug-likeness (QED) is 0.181. The Morgan fingerprint density at radius 1 is 0.418 bits per heavy atom. The molecule has 260 valence electrons. The van der Waals surface area contributed by atoms with E-state index in [1.165, 1.54) is 54.9 Å². The molecule has 0 bridgehead atoms. The zero-order valence-corrected chi connectivity index (χ0v) is 30.8. The Morgan fingerprint density at radius 3 is 1.98 bits per heavy atom. The third-order valence-corrected chi connectivity index (χ3v) is 11.8. The molecule has 0 unspecified atom stereocenters. The molecule has 1 aliphatic carbocycles. The van der Waals surface area contributed by atoms with Crippen LogP contribution in [0.1, 0.15) is 25.0 Å². The summed E-state index contributed by atoms with van der Waals surface area (Å²) in [6.07, 6.45) is 0. The highest BCUT2D eigenvalue weighted by atomic mass is 16.5. The lowest BCUT2D eigenvalue weighted by Crippen LogP contribution is -2.16. The van der Waals surface area contributed by atoms with Crippen molar-refractivity contribution < 1.29 is 4.74 Å². The van der Waals surface area contributed by atoms with E-state index in [0.29, 0.717) is 0 Å². The van der Waals surface area contributed by atoms with Gasteiger partial charge < -0.3 is 9.64 Å². The van der Waals surface area contributed by atoms with Crippen LogP contribution in [0.2, 0.25) is 0 Å². The van der Waals surface area contributed by atoms with Crippen LogP contribution in [0.25, 0.3) is 66.1 Å². The van der Waals surface area contributed by atoms with Crippen molar-refractivity contribution in [2.75, 3.05) is 4.90 Å². The molecular formula is C53H37NO. The molecule has 2 aliphatic rings. The Morgan fingerprint density at radius 2 is 1.09 bits per heavy atom. The van der Waals surface area contributed by atoms with E-state index in [0.717, 1.165) is 50.8 Å². The number of benzene rings is 9. The molecule has 0 saturated carbocycles. The van der Waals surface area contributed by atoms with Crippen LogP contribution in [0.4, 0.5) is 17.1 Å². The molecule has 0 N–H and O–H groups in total. The number of anilines is 3. The van der Waals surface area contributed by atoms with Crippen LogP contribution in [-0.4, -0.2) is 0 Å². The highest BCUT2D eigenvalue weighted by Gasteiger charge is 2.36. The van der Waals surface area contributed by atoms with Gasteiger partial charge in [0.1, 0.15) is 5.75 Å². The zero-order chi connectivity index (χ0) is 36.7. The number of nitrogens with zero attached hydrogens (tertiary/aromatic N) is 1. The fraction of sp³-hybridized carbons (Fsp3) is 0.0566. The normalized spacial score (nSPS) is 13.2. The minimum absolute atomic E-state index is 0.129. The molecule has 0 radical (unpaired) electrons. The van der Waals surface area contributed by atoms with E-state index >= 15 is 0 Å². The molecule has 0 amide bonds. The maximum absolute atomic E-state index is 7.29. The molecule has 0 saturated heterocycles. The summed E-state index contributed by atoms with van der Waals surface area (Å²) < 4.78 is 7.29. The molecule has 0 atom stereocenters. The summed E-state index contributed by atoms with van der Waals surface area (Å²) in [5, 5.41) is 4.88. The van der Waals surface area contributed by atoms with Crippen LogP contribution < -0.4 is 9.64 Å². The first-order chi connectivity index (χ1) is 27.0. The SMILES string of the molecule is CC1(C)c2ccccc2-c2ccc(N(c3ccccc3)c3cccc4c3Oc3ccc(-c5ccc6ccccc6c5)cc3-c3c-4ccc4ccccc34)cc21. The second-order valence-electron chi connectivity index (χ2n) is 15.3. The van der Waals surface area contributed by atoms with Crippen LogP contribution in [0.5, 0.6) is 11.5 Å². The molecule has 2 heteroatoms. The zero-order valence-electron chi connectivity index (χ0n) is 30.8. The first-order valence-corrected chi connectivity index (χ1v) is 19.1. The van der Waals surface area contributed by atoms with E-state index in [1.807, 2.05) is 0 Å². The maximum atomic E-state index is 7.29. The molecule has 0 spiro atoms. The second kappa shape index (κ2) is 12.1.